The third-order valence-corrected chi connectivity index (χ3v) is 3.20. The molecule has 0 saturated heterocycles. The predicted octanol–water partition coefficient (Wildman–Crippen LogP) is 6.48. The van der Waals surface area contributed by atoms with Gasteiger partial charge in [-0.25, -0.2) is 4.39 Å². The minimum Gasteiger partial charge on any atom is -0.464 e. The molecule has 0 spiro atoms. The molecule has 1 aromatic heterocycles. The van der Waals surface area contributed by atoms with Gasteiger partial charge in [0.2, 0.25) is 0 Å². The van der Waals surface area contributed by atoms with Crippen molar-refractivity contribution in [1.29, 1.82) is 0 Å². The number of furan rings is 1. The van der Waals surface area contributed by atoms with E-state index in [1.165, 1.54) is 12.3 Å². The Balaban J connectivity index is 3.41. The predicted molar refractivity (Wildman–Crippen MR) is 89.4 cm³/mol. The van der Waals surface area contributed by atoms with Gasteiger partial charge in [0.15, 0.2) is 0 Å². The first-order valence-electron chi connectivity index (χ1n) is 7.04. The molecule has 0 atom stereocenters. The van der Waals surface area contributed by atoms with Crippen LogP contribution in [0.4, 0.5) is 4.39 Å². The maximum absolute atomic E-state index is 13.9. The van der Waals surface area contributed by atoms with Gasteiger partial charge in [0, 0.05) is 5.57 Å². The summed E-state index contributed by atoms with van der Waals surface area (Å²) in [5.74, 6) is 0.173. The van der Waals surface area contributed by atoms with Crippen molar-refractivity contribution >= 4 is 11.4 Å². The molecule has 0 radical (unpaired) electrons. The van der Waals surface area contributed by atoms with Crippen molar-refractivity contribution in [3.63, 3.8) is 0 Å². The topological polar surface area (TPSA) is 13.1 Å². The minimum atomic E-state index is -0.305. The van der Waals surface area contributed by atoms with Gasteiger partial charge in [-0.2, -0.15) is 0 Å². The first-order valence-corrected chi connectivity index (χ1v) is 7.04. The van der Waals surface area contributed by atoms with Crippen LogP contribution in [0.2, 0.25) is 0 Å². The second-order valence-electron chi connectivity index (χ2n) is 4.90. The monoisotopic (exact) mass is 286 g/mol. The molecule has 1 heterocycles. The molecule has 0 fully saturated rings. The Hall–Kier alpha value is -2.09. The van der Waals surface area contributed by atoms with E-state index in [-0.39, 0.29) is 5.83 Å². The summed E-state index contributed by atoms with van der Waals surface area (Å²) in [4.78, 5) is 0. The maximum Gasteiger partial charge on any atom is 0.144 e. The highest BCUT2D eigenvalue weighted by Crippen LogP contribution is 2.35. The van der Waals surface area contributed by atoms with E-state index in [0.29, 0.717) is 16.9 Å². The van der Waals surface area contributed by atoms with Crippen molar-refractivity contribution in [3.05, 3.63) is 71.3 Å². The van der Waals surface area contributed by atoms with E-state index in [2.05, 4.69) is 6.58 Å². The SMILES string of the molecule is C=C(C(C(=CC)/C=C\C)=C(C)C)c1occc1/C(F)=C\C. The fraction of sp³-hybridized carbons (Fsp3) is 0.263. The maximum atomic E-state index is 13.9. The highest BCUT2D eigenvalue weighted by atomic mass is 19.1. The van der Waals surface area contributed by atoms with E-state index in [4.69, 9.17) is 4.42 Å². The fourth-order valence-electron chi connectivity index (χ4n) is 2.27. The number of halogens is 1. The van der Waals surface area contributed by atoms with Gasteiger partial charge in [-0.05, 0) is 51.8 Å². The highest BCUT2D eigenvalue weighted by Gasteiger charge is 2.18. The van der Waals surface area contributed by atoms with Crippen LogP contribution in [-0.2, 0) is 0 Å². The Labute approximate surface area is 126 Å². The Morgan fingerprint density at radius 1 is 1.19 bits per heavy atom. The van der Waals surface area contributed by atoms with Crippen molar-refractivity contribution in [1.82, 2.24) is 0 Å². The van der Waals surface area contributed by atoms with E-state index in [1.807, 2.05) is 45.9 Å². The Morgan fingerprint density at radius 3 is 2.33 bits per heavy atom. The zero-order valence-electron chi connectivity index (χ0n) is 13.5. The van der Waals surface area contributed by atoms with Crippen LogP contribution in [0, 0.1) is 0 Å². The van der Waals surface area contributed by atoms with Crippen LogP contribution < -0.4 is 0 Å². The summed E-state index contributed by atoms with van der Waals surface area (Å²) in [5, 5.41) is 0. The Bertz CT molecular complexity index is 632. The molecule has 1 aromatic rings. The van der Waals surface area contributed by atoms with Crippen LogP contribution >= 0.6 is 0 Å². The van der Waals surface area contributed by atoms with Gasteiger partial charge >= 0.3 is 0 Å². The average Bonchev–Trinajstić information content (AvgIpc) is 2.94. The summed E-state index contributed by atoms with van der Waals surface area (Å²) in [6.45, 7) is 13.8. The van der Waals surface area contributed by atoms with Crippen molar-refractivity contribution in [2.75, 3.05) is 0 Å². The van der Waals surface area contributed by atoms with Crippen LogP contribution in [0.25, 0.3) is 11.4 Å². The van der Waals surface area contributed by atoms with E-state index >= 15 is 0 Å². The molecule has 112 valence electrons. The van der Waals surface area contributed by atoms with Gasteiger partial charge in [0.05, 0.1) is 11.8 Å². The lowest BCUT2D eigenvalue weighted by Crippen LogP contribution is -1.96. The summed E-state index contributed by atoms with van der Waals surface area (Å²) in [6, 6.07) is 1.63. The van der Waals surface area contributed by atoms with Crippen LogP contribution in [0.3, 0.4) is 0 Å². The molecule has 0 N–H and O–H groups in total. The lowest BCUT2D eigenvalue weighted by molar-refractivity contribution is 0.551. The number of hydrogen-bond donors (Lipinski definition) is 0. The standard InChI is InChI=1S/C19H23FO/c1-7-10-15(8-2)18(13(4)5)14(6)19-16(11-12-21-19)17(20)9-3/h7-12H,6H2,1-5H3/b10-7-,15-8?,17-9+. The normalized spacial score (nSPS) is 12.9. The van der Waals surface area contributed by atoms with E-state index in [1.54, 1.807) is 13.0 Å². The molecule has 1 nitrogen and oxygen atoms in total. The van der Waals surface area contributed by atoms with Gasteiger partial charge in [0.25, 0.3) is 0 Å². The molecule has 0 aliphatic heterocycles. The largest absolute Gasteiger partial charge is 0.464 e. The fourth-order valence-corrected chi connectivity index (χ4v) is 2.27. The van der Waals surface area contributed by atoms with Gasteiger partial charge in [-0.3, -0.25) is 0 Å². The van der Waals surface area contributed by atoms with E-state index in [9.17, 15) is 4.39 Å². The highest BCUT2D eigenvalue weighted by molar-refractivity contribution is 5.86. The first kappa shape index (κ1) is 17.0. The quantitative estimate of drug-likeness (QED) is 0.564. The molecule has 0 unspecified atom stereocenters. The van der Waals surface area contributed by atoms with Crippen LogP contribution in [0.5, 0.6) is 0 Å². The molecular weight excluding hydrogens is 263 g/mol. The van der Waals surface area contributed by atoms with Crippen LogP contribution in [-0.4, -0.2) is 0 Å². The Morgan fingerprint density at radius 2 is 1.86 bits per heavy atom. The lowest BCUT2D eigenvalue weighted by Gasteiger charge is -2.14. The van der Waals surface area contributed by atoms with E-state index in [0.717, 1.165) is 16.7 Å². The Kier molecular flexibility index (Phi) is 6.16. The van der Waals surface area contributed by atoms with Crippen molar-refractivity contribution in [2.45, 2.75) is 34.6 Å². The summed E-state index contributed by atoms with van der Waals surface area (Å²) in [7, 11) is 0. The molecule has 0 aromatic carbocycles. The number of rotatable bonds is 5. The van der Waals surface area contributed by atoms with Gasteiger partial charge in [-0.1, -0.05) is 36.5 Å². The second-order valence-corrected chi connectivity index (χ2v) is 4.90. The van der Waals surface area contributed by atoms with Gasteiger partial charge in [0.1, 0.15) is 11.6 Å². The zero-order valence-corrected chi connectivity index (χ0v) is 13.5. The summed E-state index contributed by atoms with van der Waals surface area (Å²) >= 11 is 0. The zero-order chi connectivity index (χ0) is 16.0. The first-order chi connectivity index (χ1) is 9.97. The van der Waals surface area contributed by atoms with Gasteiger partial charge < -0.3 is 4.42 Å². The smallest absolute Gasteiger partial charge is 0.144 e. The molecule has 0 bridgehead atoms. The van der Waals surface area contributed by atoms with E-state index < -0.39 is 0 Å². The minimum absolute atomic E-state index is 0.305. The molecule has 21 heavy (non-hydrogen) atoms. The average molecular weight is 286 g/mol. The summed E-state index contributed by atoms with van der Waals surface area (Å²) in [5.41, 5.74) is 4.27. The third-order valence-electron chi connectivity index (χ3n) is 3.20. The third kappa shape index (κ3) is 3.72. The van der Waals surface area contributed by atoms with Crippen molar-refractivity contribution < 1.29 is 8.81 Å². The molecule has 0 aliphatic carbocycles. The van der Waals surface area contributed by atoms with Gasteiger partial charge in [-0.15, -0.1) is 0 Å². The van der Waals surface area contributed by atoms with Crippen LogP contribution in [0.1, 0.15) is 45.9 Å². The lowest BCUT2D eigenvalue weighted by atomic mass is 9.91. The van der Waals surface area contributed by atoms with Crippen LogP contribution in [0.15, 0.2) is 64.3 Å². The molecule has 0 aliphatic rings. The molecule has 1 rings (SSSR count). The van der Waals surface area contributed by atoms with Crippen molar-refractivity contribution in [2.24, 2.45) is 0 Å². The number of allylic oxidation sites excluding steroid dienone is 8. The molecule has 0 saturated carbocycles. The number of hydrogen-bond acceptors (Lipinski definition) is 1. The van der Waals surface area contributed by atoms with Crippen molar-refractivity contribution in [3.8, 4) is 0 Å². The molecular formula is C19H23FO. The second kappa shape index (κ2) is 7.63. The summed E-state index contributed by atoms with van der Waals surface area (Å²) in [6.07, 6.45) is 8.92. The summed E-state index contributed by atoms with van der Waals surface area (Å²) < 4.78 is 19.4. The molecule has 2 heteroatoms. The molecule has 0 amide bonds.